The van der Waals surface area contributed by atoms with E-state index in [2.05, 4.69) is 33.2 Å². The van der Waals surface area contributed by atoms with Crippen molar-refractivity contribution in [2.24, 2.45) is 5.73 Å². The molecular formula is C12H23N5. The minimum Gasteiger partial charge on any atom is -0.340 e. The lowest BCUT2D eigenvalue weighted by Gasteiger charge is -2.38. The van der Waals surface area contributed by atoms with Crippen LogP contribution in [-0.4, -0.2) is 53.2 Å². The van der Waals surface area contributed by atoms with Gasteiger partial charge < -0.3 is 15.2 Å². The van der Waals surface area contributed by atoms with Gasteiger partial charge in [-0.1, -0.05) is 0 Å². The average molecular weight is 237 g/mol. The van der Waals surface area contributed by atoms with Crippen LogP contribution in [0.4, 0.5) is 5.95 Å². The number of nitrogens with zero attached hydrogens (tertiary/aromatic N) is 4. The lowest BCUT2D eigenvalue weighted by atomic mass is 10.2. The lowest BCUT2D eigenvalue weighted by molar-refractivity contribution is 0.200. The Morgan fingerprint density at radius 1 is 1.35 bits per heavy atom. The van der Waals surface area contributed by atoms with Crippen LogP contribution in [0.3, 0.4) is 0 Å². The number of piperazine rings is 1. The fourth-order valence-electron chi connectivity index (χ4n) is 2.34. The molecule has 2 N–H and O–H groups in total. The van der Waals surface area contributed by atoms with Gasteiger partial charge in [-0.05, 0) is 13.8 Å². The molecule has 1 saturated heterocycles. The molecule has 96 valence electrons. The lowest BCUT2D eigenvalue weighted by Crippen LogP contribution is -2.52. The number of hydrogen-bond donors (Lipinski definition) is 1. The van der Waals surface area contributed by atoms with Crippen molar-refractivity contribution >= 4 is 5.95 Å². The molecule has 1 aliphatic rings. The fourth-order valence-corrected chi connectivity index (χ4v) is 2.34. The highest BCUT2D eigenvalue weighted by Gasteiger charge is 2.22. The van der Waals surface area contributed by atoms with Gasteiger partial charge in [-0.25, -0.2) is 4.98 Å². The second kappa shape index (κ2) is 5.51. The molecule has 0 aromatic carbocycles. The van der Waals surface area contributed by atoms with Gasteiger partial charge in [0.15, 0.2) is 0 Å². The molecule has 1 fully saturated rings. The van der Waals surface area contributed by atoms with Crippen LogP contribution >= 0.6 is 0 Å². The van der Waals surface area contributed by atoms with Crippen LogP contribution in [-0.2, 0) is 6.54 Å². The summed E-state index contributed by atoms with van der Waals surface area (Å²) in [5.74, 6) is 1.10. The van der Waals surface area contributed by atoms with Crippen LogP contribution in [0.25, 0.3) is 0 Å². The van der Waals surface area contributed by atoms with Crippen LogP contribution < -0.4 is 10.6 Å². The molecule has 0 spiro atoms. The van der Waals surface area contributed by atoms with Gasteiger partial charge in [-0.15, -0.1) is 0 Å². The molecule has 1 aromatic rings. The Balaban J connectivity index is 1.95. The second-order valence-corrected chi connectivity index (χ2v) is 4.62. The predicted molar refractivity (Wildman–Crippen MR) is 70.2 cm³/mol. The molecule has 0 bridgehead atoms. The van der Waals surface area contributed by atoms with Gasteiger partial charge in [0.05, 0.1) is 0 Å². The van der Waals surface area contributed by atoms with E-state index >= 15 is 0 Å². The third-order valence-electron chi connectivity index (χ3n) is 3.60. The number of rotatable bonds is 4. The van der Waals surface area contributed by atoms with Crippen LogP contribution in [0.1, 0.15) is 13.8 Å². The van der Waals surface area contributed by atoms with Gasteiger partial charge in [0, 0.05) is 57.7 Å². The summed E-state index contributed by atoms with van der Waals surface area (Å²) in [6, 6.07) is 0.489. The van der Waals surface area contributed by atoms with Gasteiger partial charge in [0.25, 0.3) is 0 Å². The molecule has 0 saturated carbocycles. The van der Waals surface area contributed by atoms with Crippen molar-refractivity contribution in [1.29, 1.82) is 0 Å². The molecule has 0 aliphatic carbocycles. The van der Waals surface area contributed by atoms with E-state index < -0.39 is 0 Å². The first-order valence-electron chi connectivity index (χ1n) is 6.46. The van der Waals surface area contributed by atoms with E-state index in [1.807, 2.05) is 12.4 Å². The summed E-state index contributed by atoms with van der Waals surface area (Å²) in [6.45, 7) is 10.3. The Bertz CT molecular complexity index is 340. The van der Waals surface area contributed by atoms with Crippen LogP contribution in [0, 0.1) is 0 Å². The molecule has 2 rings (SSSR count). The maximum absolute atomic E-state index is 5.71. The quantitative estimate of drug-likeness (QED) is 0.822. The van der Waals surface area contributed by atoms with Crippen molar-refractivity contribution in [3.63, 3.8) is 0 Å². The number of nitrogens with two attached hydrogens (primary N) is 1. The summed E-state index contributed by atoms with van der Waals surface area (Å²) in [4.78, 5) is 9.26. The minimum absolute atomic E-state index is 0.489. The minimum atomic E-state index is 0.489. The highest BCUT2D eigenvalue weighted by Crippen LogP contribution is 2.15. The summed E-state index contributed by atoms with van der Waals surface area (Å²) in [5, 5.41) is 0. The van der Waals surface area contributed by atoms with Crippen molar-refractivity contribution in [2.75, 3.05) is 37.6 Å². The van der Waals surface area contributed by atoms with Crippen LogP contribution in [0.5, 0.6) is 0 Å². The normalized spacial score (nSPS) is 19.6. The van der Waals surface area contributed by atoms with Gasteiger partial charge in [-0.2, -0.15) is 0 Å². The smallest absolute Gasteiger partial charge is 0.205 e. The molecule has 1 atom stereocenters. The number of hydrogen-bond acceptors (Lipinski definition) is 4. The molecular weight excluding hydrogens is 214 g/mol. The van der Waals surface area contributed by atoms with Gasteiger partial charge >= 0.3 is 0 Å². The first-order chi connectivity index (χ1) is 8.26. The molecule has 1 aromatic heterocycles. The first-order valence-corrected chi connectivity index (χ1v) is 6.46. The highest BCUT2D eigenvalue weighted by molar-refractivity contribution is 5.32. The standard InChI is InChI=1S/C12H23N5/c1-3-15-5-4-14-12(15)17-8-6-16(7-9-17)11(2)10-13/h4-5,11H,3,6-10,13H2,1-2H3. The summed E-state index contributed by atoms with van der Waals surface area (Å²) in [6.07, 6.45) is 3.93. The Morgan fingerprint density at radius 3 is 2.65 bits per heavy atom. The molecule has 5 nitrogen and oxygen atoms in total. The number of aromatic nitrogens is 2. The van der Waals surface area contributed by atoms with Gasteiger partial charge in [0.1, 0.15) is 0 Å². The molecule has 2 heterocycles. The zero-order chi connectivity index (χ0) is 12.3. The SMILES string of the molecule is CCn1ccnc1N1CCN(C(C)CN)CC1. The van der Waals surface area contributed by atoms with E-state index in [4.69, 9.17) is 5.73 Å². The summed E-state index contributed by atoms with van der Waals surface area (Å²) in [5.41, 5.74) is 5.71. The fraction of sp³-hybridized carbons (Fsp3) is 0.750. The Kier molecular flexibility index (Phi) is 4.02. The van der Waals surface area contributed by atoms with E-state index in [1.54, 1.807) is 0 Å². The summed E-state index contributed by atoms with van der Waals surface area (Å²) >= 11 is 0. The van der Waals surface area contributed by atoms with Crippen molar-refractivity contribution in [2.45, 2.75) is 26.4 Å². The largest absolute Gasteiger partial charge is 0.340 e. The number of imidazole rings is 1. The topological polar surface area (TPSA) is 50.3 Å². The molecule has 1 aliphatic heterocycles. The third-order valence-corrected chi connectivity index (χ3v) is 3.60. The summed E-state index contributed by atoms with van der Waals surface area (Å²) in [7, 11) is 0. The van der Waals surface area contributed by atoms with E-state index in [9.17, 15) is 0 Å². The van der Waals surface area contributed by atoms with E-state index in [1.165, 1.54) is 0 Å². The van der Waals surface area contributed by atoms with Crippen molar-refractivity contribution < 1.29 is 0 Å². The second-order valence-electron chi connectivity index (χ2n) is 4.62. The van der Waals surface area contributed by atoms with Crippen molar-refractivity contribution in [3.8, 4) is 0 Å². The van der Waals surface area contributed by atoms with Crippen LogP contribution in [0.15, 0.2) is 12.4 Å². The summed E-state index contributed by atoms with van der Waals surface area (Å²) < 4.78 is 2.20. The van der Waals surface area contributed by atoms with E-state index in [0.717, 1.165) is 45.2 Å². The molecule has 0 amide bonds. The molecule has 17 heavy (non-hydrogen) atoms. The molecule has 5 heteroatoms. The molecule has 0 radical (unpaired) electrons. The van der Waals surface area contributed by atoms with Gasteiger partial charge in [0.2, 0.25) is 5.95 Å². The van der Waals surface area contributed by atoms with E-state index in [-0.39, 0.29) is 0 Å². The Morgan fingerprint density at radius 2 is 2.06 bits per heavy atom. The maximum atomic E-state index is 5.71. The molecule has 1 unspecified atom stereocenters. The maximum Gasteiger partial charge on any atom is 0.205 e. The first kappa shape index (κ1) is 12.4. The van der Waals surface area contributed by atoms with Crippen molar-refractivity contribution in [1.82, 2.24) is 14.5 Å². The number of aryl methyl sites for hydroxylation is 1. The number of anilines is 1. The monoisotopic (exact) mass is 237 g/mol. The third kappa shape index (κ3) is 2.61. The predicted octanol–water partition coefficient (Wildman–Crippen LogP) is 0.372. The van der Waals surface area contributed by atoms with E-state index in [0.29, 0.717) is 6.04 Å². The Labute approximate surface area is 103 Å². The Hall–Kier alpha value is -1.07. The highest BCUT2D eigenvalue weighted by atomic mass is 15.4. The zero-order valence-corrected chi connectivity index (χ0v) is 10.8. The average Bonchev–Trinajstić information content (AvgIpc) is 2.86. The van der Waals surface area contributed by atoms with Gasteiger partial charge in [-0.3, -0.25) is 4.90 Å². The van der Waals surface area contributed by atoms with Crippen LogP contribution in [0.2, 0.25) is 0 Å². The zero-order valence-electron chi connectivity index (χ0n) is 10.8. The van der Waals surface area contributed by atoms with Crippen molar-refractivity contribution in [3.05, 3.63) is 12.4 Å².